The van der Waals surface area contributed by atoms with Gasteiger partial charge < -0.3 is 52.9 Å². The van der Waals surface area contributed by atoms with E-state index in [1.165, 1.54) is 55.3 Å². The van der Waals surface area contributed by atoms with Gasteiger partial charge in [0.25, 0.3) is 0 Å². The molecule has 3 heterocycles. The van der Waals surface area contributed by atoms with Crippen molar-refractivity contribution < 1.29 is 57.1 Å². The zero-order valence-corrected chi connectivity index (χ0v) is 29.2. The van der Waals surface area contributed by atoms with E-state index < -0.39 is 0 Å². The van der Waals surface area contributed by atoms with Crippen LogP contribution >= 0.6 is 0 Å². The monoisotopic (exact) mass is 789 g/mol. The molecule has 0 unspecified atom stereocenters. The first-order chi connectivity index (χ1) is 20.2. The van der Waals surface area contributed by atoms with Crippen LogP contribution in [0, 0.1) is 0 Å². The van der Waals surface area contributed by atoms with Crippen LogP contribution in [0.3, 0.4) is 0 Å². The van der Waals surface area contributed by atoms with E-state index in [0.29, 0.717) is 0 Å². The molecule has 2 aromatic heterocycles. The standard InChI is InChI=1S/C38H37N3.2HI/c1-4-39-26-23-30(33-13-7-10-16-36(33)39)21-19-29(32-25-28-41(6-3)38-18-12-9-15-35(32)38)20-22-31-24-27-40(5-2)37-17-11-8-14-34(31)37;;/h7-28H,4-6H2,1-3H3;2*1H/q+2;;/p-2. The molecule has 0 aliphatic carbocycles. The van der Waals surface area contributed by atoms with E-state index in [1.54, 1.807) is 0 Å². The third-order valence-corrected chi connectivity index (χ3v) is 8.06. The molecule has 3 aromatic carbocycles. The van der Waals surface area contributed by atoms with Gasteiger partial charge in [-0.15, -0.1) is 0 Å². The van der Waals surface area contributed by atoms with Crippen LogP contribution in [0.4, 0.5) is 5.69 Å². The van der Waals surface area contributed by atoms with Crippen molar-refractivity contribution in [2.45, 2.75) is 33.9 Å². The number of fused-ring (bicyclic) bond motifs is 3. The predicted molar refractivity (Wildman–Crippen MR) is 173 cm³/mol. The lowest BCUT2D eigenvalue weighted by molar-refractivity contribution is -0.668. The van der Waals surface area contributed by atoms with Gasteiger partial charge >= 0.3 is 0 Å². The van der Waals surface area contributed by atoms with Crippen molar-refractivity contribution in [1.82, 2.24) is 0 Å². The van der Waals surface area contributed by atoms with Gasteiger partial charge in [-0.25, -0.2) is 0 Å². The summed E-state index contributed by atoms with van der Waals surface area (Å²) in [6.45, 7) is 9.40. The lowest BCUT2D eigenvalue weighted by Gasteiger charge is -2.26. The molecule has 0 fully saturated rings. The van der Waals surface area contributed by atoms with E-state index in [2.05, 4.69) is 169 Å². The Balaban J connectivity index is 0.00000212. The Hall–Kier alpha value is -3.30. The third kappa shape index (κ3) is 6.63. The number of halogens is 2. The maximum absolute atomic E-state index is 2.31. The molecule has 0 bridgehead atoms. The fourth-order valence-corrected chi connectivity index (χ4v) is 5.87. The number of anilines is 1. The van der Waals surface area contributed by atoms with E-state index in [9.17, 15) is 0 Å². The molecule has 3 nitrogen and oxygen atoms in total. The van der Waals surface area contributed by atoms with Gasteiger partial charge in [0.05, 0.1) is 10.8 Å². The predicted octanol–water partition coefficient (Wildman–Crippen LogP) is 2.15. The fraction of sp³-hybridized carbons (Fsp3) is 0.158. The summed E-state index contributed by atoms with van der Waals surface area (Å²) >= 11 is 0. The lowest BCUT2D eigenvalue weighted by Crippen LogP contribution is -3.00. The number of hydrogen-bond donors (Lipinski definition) is 0. The molecule has 0 saturated heterocycles. The minimum atomic E-state index is 0. The number of para-hydroxylation sites is 3. The van der Waals surface area contributed by atoms with Gasteiger partial charge in [-0.2, -0.15) is 9.13 Å². The Morgan fingerprint density at radius 3 is 2.07 bits per heavy atom. The summed E-state index contributed by atoms with van der Waals surface area (Å²) in [6, 6.07) is 30.6. The number of hydrogen-bond acceptors (Lipinski definition) is 1. The quantitative estimate of drug-likeness (QED) is 0.140. The normalized spacial score (nSPS) is 13.8. The number of benzene rings is 3. The summed E-state index contributed by atoms with van der Waals surface area (Å²) in [5.41, 5.74) is 9.85. The topological polar surface area (TPSA) is 11.0 Å². The second kappa shape index (κ2) is 14.9. The van der Waals surface area contributed by atoms with Crippen molar-refractivity contribution in [2.75, 3.05) is 11.4 Å². The molecule has 43 heavy (non-hydrogen) atoms. The molecule has 0 amide bonds. The van der Waals surface area contributed by atoms with Gasteiger partial charge in [0.1, 0.15) is 13.1 Å². The zero-order valence-electron chi connectivity index (χ0n) is 24.9. The summed E-state index contributed by atoms with van der Waals surface area (Å²) in [6.07, 6.45) is 17.9. The van der Waals surface area contributed by atoms with Gasteiger partial charge in [-0.1, -0.05) is 66.8 Å². The van der Waals surface area contributed by atoms with E-state index in [-0.39, 0.29) is 48.0 Å². The number of aryl methyl sites for hydroxylation is 2. The van der Waals surface area contributed by atoms with Crippen LogP contribution in [-0.2, 0) is 13.1 Å². The lowest BCUT2D eigenvalue weighted by atomic mass is 9.96. The van der Waals surface area contributed by atoms with Crippen molar-refractivity contribution in [1.29, 1.82) is 0 Å². The summed E-state index contributed by atoms with van der Waals surface area (Å²) < 4.78 is 4.61. The Bertz CT molecular complexity index is 1870. The molecular formula is C38H37I2N3. The summed E-state index contributed by atoms with van der Waals surface area (Å²) in [5, 5.41) is 2.51. The molecule has 0 atom stereocenters. The van der Waals surface area contributed by atoms with E-state index in [4.69, 9.17) is 0 Å². The van der Waals surface area contributed by atoms with Crippen LogP contribution in [-0.4, -0.2) is 6.54 Å². The van der Waals surface area contributed by atoms with Crippen LogP contribution in [0.15, 0.2) is 128 Å². The highest BCUT2D eigenvalue weighted by Crippen LogP contribution is 2.33. The number of rotatable bonds is 7. The van der Waals surface area contributed by atoms with E-state index in [1.807, 2.05) is 0 Å². The Kier molecular flexibility index (Phi) is 11.3. The van der Waals surface area contributed by atoms with Crippen molar-refractivity contribution in [3.05, 3.63) is 145 Å². The second-order valence-corrected chi connectivity index (χ2v) is 10.3. The van der Waals surface area contributed by atoms with Crippen LogP contribution in [0.1, 0.15) is 37.5 Å². The Morgan fingerprint density at radius 1 is 0.721 bits per heavy atom. The first-order valence-corrected chi connectivity index (χ1v) is 14.7. The van der Waals surface area contributed by atoms with Gasteiger partial charge in [0.2, 0.25) is 11.0 Å². The highest BCUT2D eigenvalue weighted by atomic mass is 127. The van der Waals surface area contributed by atoms with Crippen LogP contribution in [0.25, 0.3) is 39.0 Å². The van der Waals surface area contributed by atoms with E-state index >= 15 is 0 Å². The SMILES string of the molecule is CCN1C=C/C(=C/C=C(\C=C\c2cc[n+](CC)c3ccccc23)c2cc[n+](CC)c3ccccc23)c2ccccc21.[I-].[I-]. The summed E-state index contributed by atoms with van der Waals surface area (Å²) in [7, 11) is 0. The first-order valence-electron chi connectivity index (χ1n) is 14.7. The van der Waals surface area contributed by atoms with Crippen LogP contribution < -0.4 is 62.0 Å². The Morgan fingerprint density at radius 2 is 1.35 bits per heavy atom. The maximum Gasteiger partial charge on any atom is 0.213 e. The molecule has 0 spiro atoms. The molecule has 0 N–H and O–H groups in total. The summed E-state index contributed by atoms with van der Waals surface area (Å²) in [4.78, 5) is 2.30. The van der Waals surface area contributed by atoms with Crippen molar-refractivity contribution in [2.24, 2.45) is 0 Å². The molecule has 218 valence electrons. The summed E-state index contributed by atoms with van der Waals surface area (Å²) in [5.74, 6) is 0. The van der Waals surface area contributed by atoms with Crippen molar-refractivity contribution >= 4 is 44.7 Å². The zero-order chi connectivity index (χ0) is 28.2. The van der Waals surface area contributed by atoms with Gasteiger partial charge in [-0.3, -0.25) is 0 Å². The van der Waals surface area contributed by atoms with Crippen molar-refractivity contribution in [3.8, 4) is 0 Å². The number of pyridine rings is 2. The molecular weight excluding hydrogens is 752 g/mol. The molecule has 5 heteroatoms. The first kappa shape index (κ1) is 32.6. The fourth-order valence-electron chi connectivity index (χ4n) is 5.87. The molecule has 0 radical (unpaired) electrons. The molecule has 0 saturated carbocycles. The number of aromatic nitrogens is 2. The minimum Gasteiger partial charge on any atom is -1.00 e. The third-order valence-electron chi connectivity index (χ3n) is 8.06. The average molecular weight is 790 g/mol. The van der Waals surface area contributed by atoms with Gasteiger partial charge in [0, 0.05) is 53.8 Å². The number of allylic oxidation sites excluding steroid dienone is 6. The average Bonchev–Trinajstić information content (AvgIpc) is 3.04. The van der Waals surface area contributed by atoms with Gasteiger partial charge in [0.15, 0.2) is 12.4 Å². The van der Waals surface area contributed by atoms with Gasteiger partial charge in [-0.05, 0) is 61.8 Å². The maximum atomic E-state index is 2.31. The van der Waals surface area contributed by atoms with Crippen molar-refractivity contribution in [3.63, 3.8) is 0 Å². The molecule has 6 rings (SSSR count). The molecule has 1 aliphatic rings. The minimum absolute atomic E-state index is 0. The Labute approximate surface area is 289 Å². The van der Waals surface area contributed by atoms with Crippen LogP contribution in [0.5, 0.6) is 0 Å². The molecule has 1 aliphatic heterocycles. The van der Waals surface area contributed by atoms with Crippen LogP contribution in [0.2, 0.25) is 0 Å². The highest BCUT2D eigenvalue weighted by molar-refractivity contribution is 5.97. The smallest absolute Gasteiger partial charge is 0.213 e. The number of nitrogens with zero attached hydrogens (tertiary/aromatic N) is 3. The largest absolute Gasteiger partial charge is 1.00 e. The molecule has 5 aromatic rings. The van der Waals surface area contributed by atoms with E-state index in [0.717, 1.165) is 19.6 Å². The highest BCUT2D eigenvalue weighted by Gasteiger charge is 2.16. The second-order valence-electron chi connectivity index (χ2n) is 10.3.